The molecule has 0 bridgehead atoms. The summed E-state index contributed by atoms with van der Waals surface area (Å²) in [7, 11) is 0. The first-order valence-corrected chi connectivity index (χ1v) is 5.77. The topological polar surface area (TPSA) is 26.3 Å². The molecule has 0 aliphatic rings. The van der Waals surface area contributed by atoms with Crippen LogP contribution in [0.3, 0.4) is 0 Å². The Morgan fingerprint density at radius 2 is 1.94 bits per heavy atom. The first kappa shape index (κ1) is 9.54. The predicted molar refractivity (Wildman–Crippen MR) is 70.3 cm³/mol. The van der Waals surface area contributed by atoms with Gasteiger partial charge in [0, 0.05) is 16.3 Å². The van der Waals surface area contributed by atoms with E-state index in [-0.39, 0.29) is 0 Å². The maximum absolute atomic E-state index is 5.54. The molecule has 2 nitrogen and oxygen atoms in total. The average Bonchev–Trinajstić information content (AvgIpc) is 3.04. The van der Waals surface area contributed by atoms with Crippen LogP contribution < -0.4 is 0 Å². The van der Waals surface area contributed by atoms with Crippen LogP contribution in [0.4, 0.5) is 0 Å². The van der Waals surface area contributed by atoms with Crippen LogP contribution in [0, 0.1) is 6.07 Å². The van der Waals surface area contributed by atoms with Crippen molar-refractivity contribution < 1.29 is 8.83 Å². The molecule has 0 fully saturated rings. The van der Waals surface area contributed by atoms with Crippen LogP contribution in [0.2, 0.25) is 0 Å². The summed E-state index contributed by atoms with van der Waals surface area (Å²) in [5.41, 5.74) is 4.00. The number of benzene rings is 2. The number of rotatable bonds is 1. The van der Waals surface area contributed by atoms with Crippen LogP contribution in [0.25, 0.3) is 33.1 Å². The van der Waals surface area contributed by atoms with E-state index in [4.69, 9.17) is 8.83 Å². The lowest BCUT2D eigenvalue weighted by Gasteiger charge is -1.98. The molecule has 0 aliphatic heterocycles. The monoisotopic (exact) mass is 233 g/mol. The minimum absolute atomic E-state index is 0.861. The third-order valence-corrected chi connectivity index (χ3v) is 3.18. The molecule has 0 saturated carbocycles. The van der Waals surface area contributed by atoms with Crippen molar-refractivity contribution >= 4 is 21.9 Å². The average molecular weight is 233 g/mol. The summed E-state index contributed by atoms with van der Waals surface area (Å²) >= 11 is 0. The van der Waals surface area contributed by atoms with E-state index in [9.17, 15) is 0 Å². The van der Waals surface area contributed by atoms with E-state index >= 15 is 0 Å². The van der Waals surface area contributed by atoms with Gasteiger partial charge in [-0.05, 0) is 42.0 Å². The molecule has 2 heteroatoms. The Morgan fingerprint density at radius 3 is 2.94 bits per heavy atom. The van der Waals surface area contributed by atoms with Crippen molar-refractivity contribution in [3.63, 3.8) is 0 Å². The van der Waals surface area contributed by atoms with Crippen molar-refractivity contribution in [1.82, 2.24) is 0 Å². The Balaban J connectivity index is 2.00. The molecule has 2 aromatic heterocycles. The highest BCUT2D eigenvalue weighted by Crippen LogP contribution is 2.32. The smallest absolute Gasteiger partial charge is 0.135 e. The van der Waals surface area contributed by atoms with Gasteiger partial charge in [-0.3, -0.25) is 0 Å². The fourth-order valence-electron chi connectivity index (χ4n) is 2.28. The van der Waals surface area contributed by atoms with E-state index < -0.39 is 0 Å². The molecule has 0 amide bonds. The molecular weight excluding hydrogens is 224 g/mol. The van der Waals surface area contributed by atoms with Gasteiger partial charge in [0.2, 0.25) is 0 Å². The van der Waals surface area contributed by atoms with Crippen LogP contribution in [0.1, 0.15) is 0 Å². The quantitative estimate of drug-likeness (QED) is 0.478. The van der Waals surface area contributed by atoms with E-state index in [2.05, 4.69) is 12.1 Å². The van der Waals surface area contributed by atoms with Crippen LogP contribution in [-0.4, -0.2) is 0 Å². The standard InChI is InChI=1S/C16H9O2/c1-2-4-16-13(3-1)14(10-18-16)11-5-6-15-12(9-11)7-8-17-15/h1,3-10H. The molecule has 4 rings (SSSR count). The summed E-state index contributed by atoms with van der Waals surface area (Å²) in [5, 5.41) is 2.21. The lowest BCUT2D eigenvalue weighted by molar-refractivity contribution is 0.615. The van der Waals surface area contributed by atoms with Gasteiger partial charge in [0.15, 0.2) is 0 Å². The van der Waals surface area contributed by atoms with Gasteiger partial charge in [0.25, 0.3) is 0 Å². The molecule has 1 radical (unpaired) electrons. The Hall–Kier alpha value is -2.48. The first-order chi connectivity index (χ1) is 8.92. The number of fused-ring (bicyclic) bond motifs is 2. The van der Waals surface area contributed by atoms with E-state index in [1.54, 1.807) is 12.5 Å². The van der Waals surface area contributed by atoms with Crippen molar-refractivity contribution in [2.75, 3.05) is 0 Å². The fraction of sp³-hybridized carbons (Fsp3) is 0. The van der Waals surface area contributed by atoms with Gasteiger partial charge in [-0.1, -0.05) is 12.1 Å². The highest BCUT2D eigenvalue weighted by molar-refractivity contribution is 5.96. The van der Waals surface area contributed by atoms with Gasteiger partial charge >= 0.3 is 0 Å². The van der Waals surface area contributed by atoms with Crippen molar-refractivity contribution in [3.05, 3.63) is 61.1 Å². The van der Waals surface area contributed by atoms with Crippen molar-refractivity contribution in [2.45, 2.75) is 0 Å². The van der Waals surface area contributed by atoms with Gasteiger partial charge < -0.3 is 8.83 Å². The molecule has 0 aliphatic carbocycles. The predicted octanol–water partition coefficient (Wildman–Crippen LogP) is 4.65. The molecule has 18 heavy (non-hydrogen) atoms. The van der Waals surface area contributed by atoms with Gasteiger partial charge in [0.05, 0.1) is 12.5 Å². The molecule has 4 aromatic rings. The van der Waals surface area contributed by atoms with Crippen LogP contribution in [-0.2, 0) is 0 Å². The second-order valence-corrected chi connectivity index (χ2v) is 4.24. The van der Waals surface area contributed by atoms with Gasteiger partial charge in [-0.25, -0.2) is 0 Å². The van der Waals surface area contributed by atoms with Crippen LogP contribution >= 0.6 is 0 Å². The zero-order valence-corrected chi connectivity index (χ0v) is 9.51. The third kappa shape index (κ3) is 1.29. The molecule has 0 N–H and O–H groups in total. The Labute approximate surface area is 103 Å². The highest BCUT2D eigenvalue weighted by Gasteiger charge is 2.08. The maximum Gasteiger partial charge on any atom is 0.135 e. The Kier molecular flexibility index (Phi) is 1.86. The number of furan rings is 2. The maximum atomic E-state index is 5.54. The lowest BCUT2D eigenvalue weighted by Crippen LogP contribution is -1.75. The fourth-order valence-corrected chi connectivity index (χ4v) is 2.28. The summed E-state index contributed by atoms with van der Waals surface area (Å²) in [6.07, 6.45) is 3.50. The van der Waals surface area contributed by atoms with E-state index in [0.717, 1.165) is 33.1 Å². The zero-order chi connectivity index (χ0) is 11.9. The minimum atomic E-state index is 0.861. The minimum Gasteiger partial charge on any atom is -0.464 e. The molecule has 2 heterocycles. The highest BCUT2D eigenvalue weighted by atomic mass is 16.3. The van der Waals surface area contributed by atoms with Crippen molar-refractivity contribution in [3.8, 4) is 11.1 Å². The van der Waals surface area contributed by atoms with Gasteiger partial charge in [-0.15, -0.1) is 0 Å². The molecule has 0 spiro atoms. The van der Waals surface area contributed by atoms with Crippen molar-refractivity contribution in [1.29, 1.82) is 0 Å². The van der Waals surface area contributed by atoms with Gasteiger partial charge in [-0.2, -0.15) is 0 Å². The summed E-state index contributed by atoms with van der Waals surface area (Å²) in [6.45, 7) is 0. The molecule has 0 unspecified atom stereocenters. The summed E-state index contributed by atoms with van der Waals surface area (Å²) in [5.74, 6) is 0. The largest absolute Gasteiger partial charge is 0.464 e. The summed E-state index contributed by atoms with van der Waals surface area (Å²) in [6, 6.07) is 16.9. The Bertz CT molecular complexity index is 836. The SMILES string of the molecule is [c]1ccc2c(-c3ccc4occc4c3)coc2c1. The van der Waals surface area contributed by atoms with Crippen LogP contribution in [0.15, 0.2) is 63.8 Å². The zero-order valence-electron chi connectivity index (χ0n) is 9.51. The van der Waals surface area contributed by atoms with Gasteiger partial charge in [0.1, 0.15) is 11.2 Å². The van der Waals surface area contributed by atoms with E-state index in [0.29, 0.717) is 0 Å². The molecule has 2 aromatic carbocycles. The third-order valence-electron chi connectivity index (χ3n) is 3.18. The second kappa shape index (κ2) is 3.50. The normalized spacial score (nSPS) is 11.3. The van der Waals surface area contributed by atoms with E-state index in [1.807, 2.05) is 36.4 Å². The van der Waals surface area contributed by atoms with Crippen LogP contribution in [0.5, 0.6) is 0 Å². The Morgan fingerprint density at radius 1 is 0.944 bits per heavy atom. The van der Waals surface area contributed by atoms with Crippen molar-refractivity contribution in [2.24, 2.45) is 0 Å². The summed E-state index contributed by atoms with van der Waals surface area (Å²) in [4.78, 5) is 0. The summed E-state index contributed by atoms with van der Waals surface area (Å²) < 4.78 is 10.9. The molecule has 85 valence electrons. The van der Waals surface area contributed by atoms with E-state index in [1.165, 1.54) is 0 Å². The number of hydrogen-bond donors (Lipinski definition) is 0. The molecular formula is C16H9O2. The molecule has 0 atom stereocenters. The second-order valence-electron chi connectivity index (χ2n) is 4.24. The first-order valence-electron chi connectivity index (χ1n) is 5.77. The number of hydrogen-bond acceptors (Lipinski definition) is 2. The molecule has 0 saturated heterocycles. The lowest BCUT2D eigenvalue weighted by atomic mass is 10.0.